The summed E-state index contributed by atoms with van der Waals surface area (Å²) in [6.45, 7) is 0.674. The molecule has 1 aromatic heterocycles. The minimum atomic E-state index is -3.60. The summed E-state index contributed by atoms with van der Waals surface area (Å²) < 4.78 is 22.6. The Morgan fingerprint density at radius 1 is 1.44 bits per heavy atom. The van der Waals surface area contributed by atoms with E-state index >= 15 is 0 Å². The number of nitrogens with zero attached hydrogens (tertiary/aromatic N) is 3. The number of hydrogen-bond acceptors (Lipinski definition) is 5. The maximum absolute atomic E-state index is 12.1. The van der Waals surface area contributed by atoms with Gasteiger partial charge in [0.25, 0.3) is 5.91 Å². The Morgan fingerprint density at radius 3 is 2.83 bits per heavy atom. The van der Waals surface area contributed by atoms with Crippen molar-refractivity contribution in [3.8, 4) is 0 Å². The second-order valence-corrected chi connectivity index (χ2v) is 6.08. The van der Waals surface area contributed by atoms with E-state index in [-0.39, 0.29) is 12.5 Å². The summed E-state index contributed by atoms with van der Waals surface area (Å²) in [4.78, 5) is 13.6. The van der Waals surface area contributed by atoms with E-state index in [2.05, 4.69) is 10.2 Å². The van der Waals surface area contributed by atoms with Crippen LogP contribution in [0.15, 0.2) is 18.5 Å². The number of primary sulfonamides is 1. The Hall–Kier alpha value is -1.54. The number of nitrogens with two attached hydrogens (primary N) is 1. The molecule has 2 N–H and O–H groups in total. The van der Waals surface area contributed by atoms with E-state index in [4.69, 9.17) is 5.14 Å². The first kappa shape index (κ1) is 12.9. The number of carbonyl (C=O) groups is 1. The summed E-state index contributed by atoms with van der Waals surface area (Å²) in [5.74, 6) is -0.238. The average Bonchev–Trinajstić information content (AvgIpc) is 2.38. The molecule has 7 nitrogen and oxygen atoms in total. The first-order chi connectivity index (χ1) is 8.48. The van der Waals surface area contributed by atoms with Gasteiger partial charge in [0.15, 0.2) is 0 Å². The lowest BCUT2D eigenvalue weighted by Gasteiger charge is -2.31. The van der Waals surface area contributed by atoms with Gasteiger partial charge in [-0.25, -0.2) is 13.6 Å². The lowest BCUT2D eigenvalue weighted by Crippen LogP contribution is -2.47. The maximum Gasteiger partial charge on any atom is 0.255 e. The van der Waals surface area contributed by atoms with E-state index in [1.807, 2.05) is 0 Å². The zero-order valence-corrected chi connectivity index (χ0v) is 10.5. The minimum Gasteiger partial charge on any atom is -0.337 e. The third-order valence-electron chi connectivity index (χ3n) is 2.96. The molecular weight excluding hydrogens is 256 g/mol. The molecule has 1 aromatic rings. The fraction of sp³-hybridized carbons (Fsp3) is 0.500. The zero-order chi connectivity index (χ0) is 13.2. The van der Waals surface area contributed by atoms with Crippen LogP contribution in [0.25, 0.3) is 0 Å². The number of amides is 1. The minimum absolute atomic E-state index is 0.139. The quantitative estimate of drug-likeness (QED) is 0.770. The van der Waals surface area contributed by atoms with Crippen LogP contribution in [0.3, 0.4) is 0 Å². The standard InChI is InChI=1S/C10H14N4O3S/c11-18(16,17)9-2-1-5-14(7-9)10(15)8-3-4-12-13-6-8/h3-4,6,9H,1-2,5,7H2,(H2,11,16,17). The summed E-state index contributed by atoms with van der Waals surface area (Å²) in [5, 5.41) is 11.7. The second-order valence-electron chi connectivity index (χ2n) is 4.24. The molecule has 8 heteroatoms. The van der Waals surface area contributed by atoms with E-state index in [1.165, 1.54) is 17.3 Å². The molecule has 98 valence electrons. The molecule has 0 radical (unpaired) electrons. The monoisotopic (exact) mass is 270 g/mol. The number of hydrogen-bond donors (Lipinski definition) is 1. The third kappa shape index (κ3) is 2.82. The lowest BCUT2D eigenvalue weighted by molar-refractivity contribution is 0.0726. The number of piperidine rings is 1. The molecule has 2 rings (SSSR count). The molecule has 1 atom stereocenters. The molecule has 0 bridgehead atoms. The lowest BCUT2D eigenvalue weighted by atomic mass is 10.1. The highest BCUT2D eigenvalue weighted by atomic mass is 32.2. The summed E-state index contributed by atoms with van der Waals surface area (Å²) in [5.41, 5.74) is 0.403. The van der Waals surface area contributed by atoms with Crippen molar-refractivity contribution < 1.29 is 13.2 Å². The van der Waals surface area contributed by atoms with Crippen molar-refractivity contribution in [3.05, 3.63) is 24.0 Å². The third-order valence-corrected chi connectivity index (χ3v) is 4.28. The highest BCUT2D eigenvalue weighted by Crippen LogP contribution is 2.17. The molecule has 1 aliphatic heterocycles. The Morgan fingerprint density at radius 2 is 2.22 bits per heavy atom. The molecule has 0 aromatic carbocycles. The second kappa shape index (κ2) is 4.99. The van der Waals surface area contributed by atoms with Gasteiger partial charge < -0.3 is 4.90 Å². The topological polar surface area (TPSA) is 106 Å². The summed E-state index contributed by atoms with van der Waals surface area (Å²) >= 11 is 0. The van der Waals surface area contributed by atoms with Gasteiger partial charge in [-0.05, 0) is 18.9 Å². The number of likely N-dealkylation sites (tertiary alicyclic amines) is 1. The normalized spacial score (nSPS) is 20.7. The van der Waals surface area contributed by atoms with Gasteiger partial charge in [-0.3, -0.25) is 4.79 Å². The molecule has 2 heterocycles. The van der Waals surface area contributed by atoms with Crippen LogP contribution in [0, 0.1) is 0 Å². The van der Waals surface area contributed by atoms with Crippen LogP contribution in [0.4, 0.5) is 0 Å². The van der Waals surface area contributed by atoms with E-state index in [0.29, 0.717) is 24.9 Å². The van der Waals surface area contributed by atoms with Crippen LogP contribution >= 0.6 is 0 Å². The number of aromatic nitrogens is 2. The van der Waals surface area contributed by atoms with Gasteiger partial charge in [0.2, 0.25) is 10.0 Å². The van der Waals surface area contributed by atoms with Gasteiger partial charge in [-0.2, -0.15) is 10.2 Å². The van der Waals surface area contributed by atoms with Gasteiger partial charge >= 0.3 is 0 Å². The van der Waals surface area contributed by atoms with Crippen molar-refractivity contribution in [1.29, 1.82) is 0 Å². The van der Waals surface area contributed by atoms with Gasteiger partial charge in [-0.1, -0.05) is 0 Å². The van der Waals surface area contributed by atoms with Crippen molar-refractivity contribution in [2.45, 2.75) is 18.1 Å². The molecule has 1 amide bonds. The largest absolute Gasteiger partial charge is 0.337 e. The van der Waals surface area contributed by atoms with Gasteiger partial charge in [0.1, 0.15) is 0 Å². The van der Waals surface area contributed by atoms with E-state index in [9.17, 15) is 13.2 Å². The van der Waals surface area contributed by atoms with Crippen molar-refractivity contribution in [2.24, 2.45) is 5.14 Å². The summed E-state index contributed by atoms with van der Waals surface area (Å²) in [6.07, 6.45) is 3.92. The Bertz CT molecular complexity index is 531. The number of rotatable bonds is 2. The van der Waals surface area contributed by atoms with Crippen LogP contribution < -0.4 is 5.14 Å². The van der Waals surface area contributed by atoms with Crippen molar-refractivity contribution in [3.63, 3.8) is 0 Å². The van der Waals surface area contributed by atoms with Crippen molar-refractivity contribution in [1.82, 2.24) is 15.1 Å². The van der Waals surface area contributed by atoms with Crippen molar-refractivity contribution in [2.75, 3.05) is 13.1 Å². The van der Waals surface area contributed by atoms with Gasteiger partial charge in [-0.15, -0.1) is 0 Å². The predicted molar refractivity (Wildman–Crippen MR) is 64.1 cm³/mol. The summed E-state index contributed by atoms with van der Waals surface area (Å²) in [7, 11) is -3.60. The van der Waals surface area contributed by atoms with Crippen molar-refractivity contribution >= 4 is 15.9 Å². The molecule has 1 unspecified atom stereocenters. The van der Waals surface area contributed by atoms with Gasteiger partial charge in [0, 0.05) is 13.1 Å². The summed E-state index contributed by atoms with van der Waals surface area (Å²) in [6, 6.07) is 1.55. The molecule has 1 aliphatic rings. The van der Waals surface area contributed by atoms with Gasteiger partial charge in [0.05, 0.1) is 23.2 Å². The molecule has 0 spiro atoms. The van der Waals surface area contributed by atoms with Crippen LogP contribution in [0.2, 0.25) is 0 Å². The fourth-order valence-corrected chi connectivity index (χ4v) is 2.87. The smallest absolute Gasteiger partial charge is 0.255 e. The molecular formula is C10H14N4O3S. The maximum atomic E-state index is 12.1. The number of carbonyl (C=O) groups excluding carboxylic acids is 1. The molecule has 0 saturated carbocycles. The average molecular weight is 270 g/mol. The molecule has 18 heavy (non-hydrogen) atoms. The van der Waals surface area contributed by atoms with E-state index in [1.54, 1.807) is 6.07 Å². The highest BCUT2D eigenvalue weighted by Gasteiger charge is 2.30. The number of sulfonamides is 1. The fourth-order valence-electron chi connectivity index (χ4n) is 1.99. The SMILES string of the molecule is NS(=O)(=O)C1CCCN(C(=O)c2ccnnc2)C1. The Labute approximate surface area is 105 Å². The zero-order valence-electron chi connectivity index (χ0n) is 9.69. The van der Waals surface area contributed by atoms with E-state index < -0.39 is 15.3 Å². The molecule has 0 aliphatic carbocycles. The molecule has 1 saturated heterocycles. The Kier molecular flexibility index (Phi) is 3.58. The van der Waals surface area contributed by atoms with Crippen LogP contribution in [-0.2, 0) is 10.0 Å². The van der Waals surface area contributed by atoms with Crippen LogP contribution in [0.5, 0.6) is 0 Å². The predicted octanol–water partition coefficient (Wildman–Crippen LogP) is -0.630. The Balaban J connectivity index is 2.13. The highest BCUT2D eigenvalue weighted by molar-refractivity contribution is 7.89. The first-order valence-corrected chi connectivity index (χ1v) is 7.17. The first-order valence-electron chi connectivity index (χ1n) is 5.56. The van der Waals surface area contributed by atoms with Crippen LogP contribution in [-0.4, -0.2) is 47.8 Å². The van der Waals surface area contributed by atoms with E-state index in [0.717, 1.165) is 0 Å². The van der Waals surface area contributed by atoms with Crippen LogP contribution in [0.1, 0.15) is 23.2 Å². The molecule has 1 fully saturated rings.